The molecule has 2 aromatic rings. The van der Waals surface area contributed by atoms with E-state index in [1.54, 1.807) is 18.5 Å². The lowest BCUT2D eigenvalue weighted by atomic mass is 10.3. The molecule has 0 unspecified atom stereocenters. The number of rotatable bonds is 6. The topological polar surface area (TPSA) is 59.9 Å². The zero-order valence-corrected chi connectivity index (χ0v) is 10.3. The van der Waals surface area contributed by atoms with Crippen LogP contribution in [0.3, 0.4) is 0 Å². The zero-order valence-electron chi connectivity index (χ0n) is 10.3. The van der Waals surface area contributed by atoms with Gasteiger partial charge in [0.1, 0.15) is 0 Å². The first kappa shape index (κ1) is 12.3. The molecular weight excluding hydrogens is 228 g/mol. The van der Waals surface area contributed by atoms with E-state index in [0.717, 1.165) is 12.1 Å². The summed E-state index contributed by atoms with van der Waals surface area (Å²) in [6.45, 7) is 3.32. The largest absolute Gasteiger partial charge is 0.478 e. The molecule has 5 heteroatoms. The molecule has 18 heavy (non-hydrogen) atoms. The first-order valence-electron chi connectivity index (χ1n) is 5.98. The molecule has 0 aliphatic heterocycles. The van der Waals surface area contributed by atoms with Crippen LogP contribution < -0.4 is 10.1 Å². The maximum Gasteiger partial charge on any atom is 0.226 e. The number of hydrogen-bond acceptors (Lipinski definition) is 5. The van der Waals surface area contributed by atoms with Gasteiger partial charge in [0.05, 0.1) is 18.8 Å². The highest BCUT2D eigenvalue weighted by Crippen LogP contribution is 2.09. The lowest BCUT2D eigenvalue weighted by molar-refractivity contribution is 0.305. The molecule has 2 rings (SSSR count). The van der Waals surface area contributed by atoms with Gasteiger partial charge in [0.15, 0.2) is 0 Å². The monoisotopic (exact) mass is 244 g/mol. The van der Waals surface area contributed by atoms with E-state index in [0.29, 0.717) is 25.0 Å². The fraction of sp³-hybridized carbons (Fsp3) is 0.308. The third-order valence-electron chi connectivity index (χ3n) is 2.24. The van der Waals surface area contributed by atoms with Crippen LogP contribution in [0.5, 0.6) is 5.88 Å². The third-order valence-corrected chi connectivity index (χ3v) is 2.24. The summed E-state index contributed by atoms with van der Waals surface area (Å²) in [6, 6.07) is 7.54. The van der Waals surface area contributed by atoms with E-state index >= 15 is 0 Å². The predicted octanol–water partition coefficient (Wildman–Crippen LogP) is 2.27. The van der Waals surface area contributed by atoms with Gasteiger partial charge in [-0.05, 0) is 18.6 Å². The van der Waals surface area contributed by atoms with Gasteiger partial charge in [-0.3, -0.25) is 4.98 Å². The van der Waals surface area contributed by atoms with Crippen LogP contribution in [0.2, 0.25) is 0 Å². The maximum atomic E-state index is 5.44. The van der Waals surface area contributed by atoms with Crippen molar-refractivity contribution in [3.63, 3.8) is 0 Å². The zero-order chi connectivity index (χ0) is 12.6. The SMILES string of the molecule is CCCOc1ccnc(NCc2ccccn2)n1. The molecule has 5 nitrogen and oxygen atoms in total. The fourth-order valence-corrected chi connectivity index (χ4v) is 1.39. The quantitative estimate of drug-likeness (QED) is 0.844. The molecule has 0 atom stereocenters. The van der Waals surface area contributed by atoms with Crippen molar-refractivity contribution in [1.82, 2.24) is 15.0 Å². The molecule has 0 bridgehead atoms. The van der Waals surface area contributed by atoms with Gasteiger partial charge in [-0.15, -0.1) is 0 Å². The molecule has 2 heterocycles. The molecule has 0 saturated carbocycles. The van der Waals surface area contributed by atoms with Gasteiger partial charge >= 0.3 is 0 Å². The summed E-state index contributed by atoms with van der Waals surface area (Å²) < 4.78 is 5.44. The maximum absolute atomic E-state index is 5.44. The molecule has 0 radical (unpaired) electrons. The van der Waals surface area contributed by atoms with Crippen molar-refractivity contribution in [3.8, 4) is 5.88 Å². The number of pyridine rings is 1. The van der Waals surface area contributed by atoms with E-state index in [9.17, 15) is 0 Å². The average molecular weight is 244 g/mol. The van der Waals surface area contributed by atoms with Gasteiger partial charge in [-0.2, -0.15) is 4.98 Å². The van der Waals surface area contributed by atoms with Gasteiger partial charge < -0.3 is 10.1 Å². The van der Waals surface area contributed by atoms with Crippen LogP contribution in [0.15, 0.2) is 36.7 Å². The van der Waals surface area contributed by atoms with Crippen molar-refractivity contribution in [2.45, 2.75) is 19.9 Å². The first-order valence-corrected chi connectivity index (χ1v) is 5.98. The summed E-state index contributed by atoms with van der Waals surface area (Å²) >= 11 is 0. The molecule has 0 saturated heterocycles. The van der Waals surface area contributed by atoms with E-state index < -0.39 is 0 Å². The summed E-state index contributed by atoms with van der Waals surface area (Å²) in [5.41, 5.74) is 0.945. The van der Waals surface area contributed by atoms with Crippen molar-refractivity contribution in [2.75, 3.05) is 11.9 Å². The van der Waals surface area contributed by atoms with Crippen LogP contribution in [0.1, 0.15) is 19.0 Å². The standard InChI is InChI=1S/C13H16N4O/c1-2-9-18-12-6-8-15-13(17-12)16-10-11-5-3-4-7-14-11/h3-8H,2,9-10H2,1H3,(H,15,16,17). The third kappa shape index (κ3) is 3.69. The number of aromatic nitrogens is 3. The Bertz CT molecular complexity index is 475. The Balaban J connectivity index is 1.93. The summed E-state index contributed by atoms with van der Waals surface area (Å²) in [5.74, 6) is 1.14. The van der Waals surface area contributed by atoms with E-state index in [4.69, 9.17) is 4.74 Å². The molecule has 94 valence electrons. The van der Waals surface area contributed by atoms with Crippen molar-refractivity contribution in [1.29, 1.82) is 0 Å². The second kappa shape index (κ2) is 6.54. The minimum absolute atomic E-state index is 0.550. The van der Waals surface area contributed by atoms with Crippen LogP contribution in [-0.2, 0) is 6.54 Å². The lowest BCUT2D eigenvalue weighted by Gasteiger charge is -2.06. The van der Waals surface area contributed by atoms with Crippen molar-refractivity contribution >= 4 is 5.95 Å². The van der Waals surface area contributed by atoms with Gasteiger partial charge in [0, 0.05) is 18.5 Å². The molecule has 0 spiro atoms. The normalized spacial score (nSPS) is 10.1. The highest BCUT2D eigenvalue weighted by Gasteiger charge is 2.00. The van der Waals surface area contributed by atoms with Crippen molar-refractivity contribution in [3.05, 3.63) is 42.4 Å². The van der Waals surface area contributed by atoms with Crippen molar-refractivity contribution in [2.24, 2.45) is 0 Å². The molecule has 0 fully saturated rings. The van der Waals surface area contributed by atoms with E-state index in [2.05, 4.69) is 27.2 Å². The smallest absolute Gasteiger partial charge is 0.226 e. The summed E-state index contributed by atoms with van der Waals surface area (Å²) in [6.07, 6.45) is 4.40. The number of ether oxygens (including phenoxy) is 1. The van der Waals surface area contributed by atoms with Gasteiger partial charge in [-0.1, -0.05) is 13.0 Å². The number of hydrogen-bond donors (Lipinski definition) is 1. The molecule has 0 amide bonds. The Morgan fingerprint density at radius 2 is 2.11 bits per heavy atom. The Morgan fingerprint density at radius 1 is 1.17 bits per heavy atom. The summed E-state index contributed by atoms with van der Waals surface area (Å²) in [5, 5.41) is 3.11. The number of anilines is 1. The Kier molecular flexibility index (Phi) is 4.46. The van der Waals surface area contributed by atoms with Gasteiger partial charge in [-0.25, -0.2) is 4.98 Å². The second-order valence-electron chi connectivity index (χ2n) is 3.74. The Hall–Kier alpha value is -2.17. The lowest BCUT2D eigenvalue weighted by Crippen LogP contribution is -2.06. The van der Waals surface area contributed by atoms with E-state index in [1.165, 1.54) is 0 Å². The first-order chi connectivity index (χ1) is 8.88. The molecule has 0 aliphatic rings. The van der Waals surface area contributed by atoms with Crippen LogP contribution in [0.4, 0.5) is 5.95 Å². The number of nitrogens with one attached hydrogen (secondary N) is 1. The minimum atomic E-state index is 0.550. The molecule has 2 aromatic heterocycles. The van der Waals surface area contributed by atoms with Crippen LogP contribution in [-0.4, -0.2) is 21.6 Å². The highest BCUT2D eigenvalue weighted by atomic mass is 16.5. The van der Waals surface area contributed by atoms with Crippen molar-refractivity contribution < 1.29 is 4.74 Å². The number of nitrogens with zero attached hydrogens (tertiary/aromatic N) is 3. The predicted molar refractivity (Wildman–Crippen MR) is 69.4 cm³/mol. The highest BCUT2D eigenvalue weighted by molar-refractivity contribution is 5.28. The average Bonchev–Trinajstić information content (AvgIpc) is 2.44. The molecule has 0 aromatic carbocycles. The fourth-order valence-electron chi connectivity index (χ4n) is 1.39. The summed E-state index contributed by atoms with van der Waals surface area (Å²) in [7, 11) is 0. The van der Waals surface area contributed by atoms with E-state index in [-0.39, 0.29) is 0 Å². The van der Waals surface area contributed by atoms with Crippen LogP contribution >= 0.6 is 0 Å². The minimum Gasteiger partial charge on any atom is -0.478 e. The Labute approximate surface area is 106 Å². The second-order valence-corrected chi connectivity index (χ2v) is 3.74. The van der Waals surface area contributed by atoms with Gasteiger partial charge in [0.25, 0.3) is 0 Å². The molecule has 1 N–H and O–H groups in total. The summed E-state index contributed by atoms with van der Waals surface area (Å²) in [4.78, 5) is 12.6. The van der Waals surface area contributed by atoms with E-state index in [1.807, 2.05) is 18.2 Å². The van der Waals surface area contributed by atoms with Crippen LogP contribution in [0.25, 0.3) is 0 Å². The Morgan fingerprint density at radius 3 is 2.89 bits per heavy atom. The molecule has 0 aliphatic carbocycles. The van der Waals surface area contributed by atoms with Gasteiger partial charge in [0.2, 0.25) is 11.8 Å². The molecular formula is C13H16N4O. The van der Waals surface area contributed by atoms with Crippen LogP contribution in [0, 0.1) is 0 Å².